The summed E-state index contributed by atoms with van der Waals surface area (Å²) in [5, 5.41) is 0.982. The molecule has 1 aromatic carbocycles. The number of fused-ring (bicyclic) bond motifs is 1. The van der Waals surface area contributed by atoms with Crippen LogP contribution in [0.4, 0.5) is 5.69 Å². The van der Waals surface area contributed by atoms with Gasteiger partial charge in [0.25, 0.3) is 5.91 Å². The number of aryl methyl sites for hydroxylation is 2. The van der Waals surface area contributed by atoms with Gasteiger partial charge in [0.05, 0.1) is 23.0 Å². The van der Waals surface area contributed by atoms with Gasteiger partial charge in [-0.15, -0.1) is 11.3 Å². The number of amides is 1. The Bertz CT molecular complexity index is 893. The van der Waals surface area contributed by atoms with E-state index >= 15 is 0 Å². The van der Waals surface area contributed by atoms with Gasteiger partial charge in [-0.05, 0) is 52.3 Å². The summed E-state index contributed by atoms with van der Waals surface area (Å²) in [5.41, 5.74) is 2.35. The van der Waals surface area contributed by atoms with E-state index in [9.17, 15) is 9.59 Å². The summed E-state index contributed by atoms with van der Waals surface area (Å²) in [4.78, 5) is 32.6. The number of unbranched alkanes of at least 4 members (excludes halogenated alkanes) is 1. The van der Waals surface area contributed by atoms with Crippen molar-refractivity contribution in [1.82, 2.24) is 4.98 Å². The summed E-state index contributed by atoms with van der Waals surface area (Å²) in [7, 11) is 0. The van der Waals surface area contributed by atoms with Gasteiger partial charge < -0.3 is 9.47 Å². The summed E-state index contributed by atoms with van der Waals surface area (Å²) in [6, 6.07) is 4.91. The van der Waals surface area contributed by atoms with Crippen molar-refractivity contribution < 1.29 is 19.1 Å². The van der Waals surface area contributed by atoms with E-state index in [1.165, 1.54) is 4.90 Å². The molecule has 0 aliphatic carbocycles. The van der Waals surface area contributed by atoms with Crippen molar-refractivity contribution >= 4 is 28.9 Å². The van der Waals surface area contributed by atoms with Crippen LogP contribution in [-0.2, 0) is 14.3 Å². The quantitative estimate of drug-likeness (QED) is 0.533. The molecule has 1 aliphatic rings. The van der Waals surface area contributed by atoms with Gasteiger partial charge in [-0.3, -0.25) is 9.69 Å². The number of hydrogen-bond acceptors (Lipinski definition) is 6. The number of carbonyl (C=O) groups is 2. The normalized spacial score (nSPS) is 17.1. The first kappa shape index (κ1) is 20.3. The largest absolute Gasteiger partial charge is 0.479 e. The summed E-state index contributed by atoms with van der Waals surface area (Å²) in [5.74, 6) is -0.0858. The molecule has 0 fully saturated rings. The van der Waals surface area contributed by atoms with Gasteiger partial charge in [0.2, 0.25) is 0 Å². The number of ether oxygens (including phenoxy) is 2. The first-order valence-corrected chi connectivity index (χ1v) is 10.4. The molecule has 2 unspecified atom stereocenters. The Labute approximate surface area is 169 Å². The Morgan fingerprint density at radius 1 is 1.39 bits per heavy atom. The molecule has 28 heavy (non-hydrogen) atoms. The molecule has 1 aliphatic heterocycles. The van der Waals surface area contributed by atoms with Crippen LogP contribution in [0.5, 0.6) is 5.75 Å². The van der Waals surface area contributed by atoms with E-state index in [4.69, 9.17) is 9.47 Å². The fourth-order valence-electron chi connectivity index (χ4n) is 3.25. The lowest BCUT2D eigenvalue weighted by Crippen LogP contribution is -2.52. The maximum atomic E-state index is 12.9. The Kier molecular flexibility index (Phi) is 6.03. The number of thiazole rings is 1. The molecule has 2 heterocycles. The number of nitrogens with zero attached hydrogens (tertiary/aromatic N) is 2. The second-order valence-electron chi connectivity index (χ2n) is 6.99. The summed E-state index contributed by atoms with van der Waals surface area (Å²) < 4.78 is 11.1. The number of carbonyl (C=O) groups excluding carboxylic acids is 2. The minimum atomic E-state index is -0.733. The molecular formula is C21H26N2O4S. The Hall–Kier alpha value is -2.41. The monoisotopic (exact) mass is 402 g/mol. The van der Waals surface area contributed by atoms with E-state index in [-0.39, 0.29) is 5.91 Å². The lowest BCUT2D eigenvalue weighted by molar-refractivity contribution is -0.146. The molecule has 3 rings (SSSR count). The van der Waals surface area contributed by atoms with Gasteiger partial charge in [0.1, 0.15) is 11.8 Å². The number of benzene rings is 1. The van der Waals surface area contributed by atoms with Crippen LogP contribution in [0.25, 0.3) is 11.3 Å². The van der Waals surface area contributed by atoms with E-state index < -0.39 is 18.1 Å². The molecule has 0 radical (unpaired) electrons. The van der Waals surface area contributed by atoms with Gasteiger partial charge in [-0.2, -0.15) is 0 Å². The second kappa shape index (κ2) is 8.31. The van der Waals surface area contributed by atoms with Gasteiger partial charge in [-0.1, -0.05) is 13.3 Å². The summed E-state index contributed by atoms with van der Waals surface area (Å²) in [6.45, 7) is 9.76. The molecule has 0 saturated heterocycles. The predicted octanol–water partition coefficient (Wildman–Crippen LogP) is 4.27. The third-order valence-electron chi connectivity index (χ3n) is 4.76. The molecule has 2 aromatic rings. The van der Waals surface area contributed by atoms with Crippen LogP contribution in [-0.4, -0.2) is 35.6 Å². The average Bonchev–Trinajstić information content (AvgIpc) is 3.00. The molecule has 1 aromatic heterocycles. The fraction of sp³-hybridized carbons (Fsp3) is 0.476. The highest BCUT2D eigenvalue weighted by Crippen LogP contribution is 2.39. The third-order valence-corrected chi connectivity index (χ3v) is 5.64. The van der Waals surface area contributed by atoms with E-state index in [1.54, 1.807) is 25.2 Å². The highest BCUT2D eigenvalue weighted by Gasteiger charge is 2.38. The lowest BCUT2D eigenvalue weighted by atomic mass is 10.1. The lowest BCUT2D eigenvalue weighted by Gasteiger charge is -2.36. The average molecular weight is 403 g/mol. The summed E-state index contributed by atoms with van der Waals surface area (Å²) >= 11 is 1.63. The van der Waals surface area contributed by atoms with Crippen molar-refractivity contribution in [3.05, 3.63) is 28.1 Å². The van der Waals surface area contributed by atoms with Crippen LogP contribution in [0.1, 0.15) is 43.5 Å². The molecule has 1 amide bonds. The van der Waals surface area contributed by atoms with Crippen LogP contribution < -0.4 is 9.64 Å². The van der Waals surface area contributed by atoms with Crippen LogP contribution >= 0.6 is 11.3 Å². The highest BCUT2D eigenvalue weighted by atomic mass is 32.1. The molecule has 0 bridgehead atoms. The number of esters is 1. The molecule has 2 atom stereocenters. The van der Waals surface area contributed by atoms with Crippen LogP contribution in [0.15, 0.2) is 18.2 Å². The third kappa shape index (κ3) is 3.90. The smallest absolute Gasteiger partial charge is 0.328 e. The van der Waals surface area contributed by atoms with Crippen molar-refractivity contribution in [2.45, 2.75) is 59.6 Å². The van der Waals surface area contributed by atoms with Crippen molar-refractivity contribution in [2.75, 3.05) is 11.5 Å². The SMILES string of the molecule is CCCCOC(=O)C(C)N1C(=O)C(C)Oc2ccc(-c3nc(C)sc3C)cc21. The predicted molar refractivity (Wildman–Crippen MR) is 110 cm³/mol. The van der Waals surface area contributed by atoms with E-state index in [0.717, 1.165) is 34.0 Å². The van der Waals surface area contributed by atoms with Gasteiger partial charge in [-0.25, -0.2) is 9.78 Å². The zero-order valence-corrected chi connectivity index (χ0v) is 17.8. The van der Waals surface area contributed by atoms with Gasteiger partial charge in [0.15, 0.2) is 6.10 Å². The van der Waals surface area contributed by atoms with Crippen molar-refractivity contribution in [2.24, 2.45) is 0 Å². The number of hydrogen-bond donors (Lipinski definition) is 0. The molecule has 0 spiro atoms. The highest BCUT2D eigenvalue weighted by molar-refractivity contribution is 7.11. The number of aromatic nitrogens is 1. The topological polar surface area (TPSA) is 68.7 Å². The van der Waals surface area contributed by atoms with Crippen molar-refractivity contribution in [3.8, 4) is 17.0 Å². The van der Waals surface area contributed by atoms with Crippen LogP contribution in [0, 0.1) is 13.8 Å². The zero-order valence-electron chi connectivity index (χ0n) is 16.9. The molecule has 6 nitrogen and oxygen atoms in total. The Morgan fingerprint density at radius 2 is 2.14 bits per heavy atom. The van der Waals surface area contributed by atoms with Crippen molar-refractivity contribution in [3.63, 3.8) is 0 Å². The molecule has 0 N–H and O–H groups in total. The molecular weight excluding hydrogens is 376 g/mol. The Morgan fingerprint density at radius 3 is 2.79 bits per heavy atom. The minimum Gasteiger partial charge on any atom is -0.479 e. The number of anilines is 1. The maximum absolute atomic E-state index is 12.9. The fourth-order valence-corrected chi connectivity index (χ4v) is 4.09. The second-order valence-corrected chi connectivity index (χ2v) is 8.39. The van der Waals surface area contributed by atoms with E-state index in [0.29, 0.717) is 18.0 Å². The molecule has 7 heteroatoms. The first-order chi connectivity index (χ1) is 13.3. The first-order valence-electron chi connectivity index (χ1n) is 9.58. The summed E-state index contributed by atoms with van der Waals surface area (Å²) in [6.07, 6.45) is 1.08. The van der Waals surface area contributed by atoms with Gasteiger partial charge >= 0.3 is 5.97 Å². The molecule has 150 valence electrons. The number of rotatable bonds is 6. The standard InChI is InChI=1S/C21H26N2O4S/c1-6-7-10-26-21(25)12(2)23-17-11-16(19-14(4)28-15(5)22-19)8-9-18(17)27-13(3)20(23)24/h8-9,11-13H,6-7,10H2,1-5H3. The zero-order chi connectivity index (χ0) is 20.4. The van der Waals surface area contributed by atoms with Crippen molar-refractivity contribution in [1.29, 1.82) is 0 Å². The Balaban J connectivity index is 1.97. The maximum Gasteiger partial charge on any atom is 0.328 e. The minimum absolute atomic E-state index is 0.254. The van der Waals surface area contributed by atoms with E-state index in [1.807, 2.05) is 39.0 Å². The van der Waals surface area contributed by atoms with Crippen LogP contribution in [0.3, 0.4) is 0 Å². The van der Waals surface area contributed by atoms with E-state index in [2.05, 4.69) is 4.98 Å². The molecule has 0 saturated carbocycles. The van der Waals surface area contributed by atoms with Gasteiger partial charge in [0, 0.05) is 10.4 Å². The van der Waals surface area contributed by atoms with Crippen LogP contribution in [0.2, 0.25) is 0 Å².